The molecule has 0 radical (unpaired) electrons. The predicted molar refractivity (Wildman–Crippen MR) is 84.1 cm³/mol. The van der Waals surface area contributed by atoms with Crippen LogP contribution in [0.4, 0.5) is 0 Å². The molecule has 0 aromatic heterocycles. The highest BCUT2D eigenvalue weighted by Crippen LogP contribution is 2.05. The smallest absolute Gasteiger partial charge is 0.305 e. The van der Waals surface area contributed by atoms with Gasteiger partial charge in [-0.1, -0.05) is 39.5 Å². The van der Waals surface area contributed by atoms with Crippen molar-refractivity contribution in [1.82, 2.24) is 0 Å². The Hall–Kier alpha value is -1.06. The van der Waals surface area contributed by atoms with Gasteiger partial charge in [0.1, 0.15) is 0 Å². The first-order valence-corrected chi connectivity index (χ1v) is 8.52. The maximum Gasteiger partial charge on any atom is 0.305 e. The molecule has 0 spiro atoms. The van der Waals surface area contributed by atoms with E-state index in [0.717, 1.165) is 44.9 Å². The predicted octanol–water partition coefficient (Wildman–Crippen LogP) is 4.40. The zero-order valence-electron chi connectivity index (χ0n) is 13.8. The summed E-state index contributed by atoms with van der Waals surface area (Å²) in [5.74, 6) is -0.213. The molecule has 0 N–H and O–H groups in total. The number of carbonyl (C=O) groups is 2. The summed E-state index contributed by atoms with van der Waals surface area (Å²) in [5.41, 5.74) is 0. The molecule has 0 aliphatic heterocycles. The Labute approximate surface area is 129 Å². The fourth-order valence-corrected chi connectivity index (χ4v) is 1.91. The van der Waals surface area contributed by atoms with Gasteiger partial charge in [0, 0.05) is 12.8 Å². The first kappa shape index (κ1) is 19.9. The third-order valence-corrected chi connectivity index (χ3v) is 3.28. The molecule has 0 aliphatic rings. The molecule has 0 atom stereocenters. The zero-order chi connectivity index (χ0) is 15.8. The van der Waals surface area contributed by atoms with E-state index in [4.69, 9.17) is 9.47 Å². The Balaban J connectivity index is 3.26. The quantitative estimate of drug-likeness (QED) is 0.352. The van der Waals surface area contributed by atoms with Crippen molar-refractivity contribution in [3.05, 3.63) is 0 Å². The summed E-state index contributed by atoms with van der Waals surface area (Å²) < 4.78 is 10.3. The second-order valence-corrected chi connectivity index (χ2v) is 5.42. The summed E-state index contributed by atoms with van der Waals surface area (Å²) in [6, 6.07) is 0. The molecule has 0 aromatic carbocycles. The van der Waals surface area contributed by atoms with Gasteiger partial charge in [0.25, 0.3) is 0 Å². The molecule has 0 amide bonds. The van der Waals surface area contributed by atoms with Gasteiger partial charge in [-0.05, 0) is 32.1 Å². The molecule has 0 unspecified atom stereocenters. The lowest BCUT2D eigenvalue weighted by Gasteiger charge is -2.05. The van der Waals surface area contributed by atoms with E-state index in [1.807, 2.05) is 0 Å². The van der Waals surface area contributed by atoms with Crippen LogP contribution >= 0.6 is 0 Å². The van der Waals surface area contributed by atoms with Crippen LogP contribution in [0.5, 0.6) is 0 Å². The van der Waals surface area contributed by atoms with Crippen LogP contribution in [0, 0.1) is 0 Å². The van der Waals surface area contributed by atoms with Crippen molar-refractivity contribution in [2.45, 2.75) is 84.5 Å². The van der Waals surface area contributed by atoms with E-state index < -0.39 is 0 Å². The summed E-state index contributed by atoms with van der Waals surface area (Å²) in [6.07, 6.45) is 9.90. The zero-order valence-corrected chi connectivity index (χ0v) is 13.8. The largest absolute Gasteiger partial charge is 0.466 e. The number of esters is 2. The molecular formula is C17H32O4. The Kier molecular flexibility index (Phi) is 14.6. The highest BCUT2D eigenvalue weighted by Gasteiger charge is 2.04. The molecular weight excluding hydrogens is 268 g/mol. The summed E-state index contributed by atoms with van der Waals surface area (Å²) in [7, 11) is 0. The number of carbonyl (C=O) groups excluding carboxylic acids is 2. The topological polar surface area (TPSA) is 52.6 Å². The fourth-order valence-electron chi connectivity index (χ4n) is 1.91. The van der Waals surface area contributed by atoms with Gasteiger partial charge >= 0.3 is 11.9 Å². The van der Waals surface area contributed by atoms with Gasteiger partial charge < -0.3 is 9.47 Å². The minimum Gasteiger partial charge on any atom is -0.466 e. The maximum absolute atomic E-state index is 11.4. The van der Waals surface area contributed by atoms with Crippen molar-refractivity contribution >= 4 is 11.9 Å². The van der Waals surface area contributed by atoms with E-state index in [1.165, 1.54) is 12.8 Å². The SMILES string of the molecule is CCCCCCOC(=O)CCCCCOC(=O)CCCC. The highest BCUT2D eigenvalue weighted by atomic mass is 16.5. The van der Waals surface area contributed by atoms with E-state index in [1.54, 1.807) is 0 Å². The Morgan fingerprint density at radius 1 is 0.619 bits per heavy atom. The minimum absolute atomic E-state index is 0.105. The van der Waals surface area contributed by atoms with Gasteiger partial charge in [-0.15, -0.1) is 0 Å². The molecule has 0 bridgehead atoms. The minimum atomic E-state index is -0.108. The van der Waals surface area contributed by atoms with Crippen LogP contribution in [0.15, 0.2) is 0 Å². The Morgan fingerprint density at radius 2 is 1.10 bits per heavy atom. The van der Waals surface area contributed by atoms with E-state index in [0.29, 0.717) is 26.1 Å². The van der Waals surface area contributed by atoms with Crippen LogP contribution in [0.2, 0.25) is 0 Å². The van der Waals surface area contributed by atoms with Gasteiger partial charge in [-0.25, -0.2) is 0 Å². The first-order chi connectivity index (χ1) is 10.2. The van der Waals surface area contributed by atoms with Crippen LogP contribution in [0.1, 0.15) is 84.5 Å². The van der Waals surface area contributed by atoms with Gasteiger partial charge in [0.2, 0.25) is 0 Å². The van der Waals surface area contributed by atoms with Crippen LogP contribution < -0.4 is 0 Å². The summed E-state index contributed by atoms with van der Waals surface area (Å²) >= 11 is 0. The molecule has 0 heterocycles. The lowest BCUT2D eigenvalue weighted by molar-refractivity contribution is -0.145. The Bertz CT molecular complexity index is 264. The first-order valence-electron chi connectivity index (χ1n) is 8.52. The summed E-state index contributed by atoms with van der Waals surface area (Å²) in [5, 5.41) is 0. The molecule has 4 heteroatoms. The monoisotopic (exact) mass is 300 g/mol. The molecule has 0 saturated carbocycles. The lowest BCUT2D eigenvalue weighted by Crippen LogP contribution is -2.07. The molecule has 0 rings (SSSR count). The van der Waals surface area contributed by atoms with E-state index >= 15 is 0 Å². The van der Waals surface area contributed by atoms with E-state index in [2.05, 4.69) is 13.8 Å². The summed E-state index contributed by atoms with van der Waals surface area (Å²) in [4.78, 5) is 22.7. The second kappa shape index (κ2) is 15.3. The Morgan fingerprint density at radius 3 is 1.62 bits per heavy atom. The fraction of sp³-hybridized carbons (Fsp3) is 0.882. The van der Waals surface area contributed by atoms with Gasteiger partial charge in [0.05, 0.1) is 13.2 Å². The third-order valence-electron chi connectivity index (χ3n) is 3.28. The van der Waals surface area contributed by atoms with Crippen molar-refractivity contribution in [1.29, 1.82) is 0 Å². The average Bonchev–Trinajstić information content (AvgIpc) is 2.48. The number of hydrogen-bond donors (Lipinski definition) is 0. The lowest BCUT2D eigenvalue weighted by atomic mass is 10.2. The van der Waals surface area contributed by atoms with Crippen LogP contribution in [-0.2, 0) is 19.1 Å². The van der Waals surface area contributed by atoms with Crippen LogP contribution in [0.3, 0.4) is 0 Å². The van der Waals surface area contributed by atoms with Crippen molar-refractivity contribution in [3.63, 3.8) is 0 Å². The number of ether oxygens (including phenoxy) is 2. The molecule has 0 aliphatic carbocycles. The normalized spacial score (nSPS) is 10.4. The standard InChI is InChI=1S/C17H32O4/c1-3-5-7-10-14-21-17(19)13-9-8-11-15-20-16(18)12-6-4-2/h3-15H2,1-2H3. The van der Waals surface area contributed by atoms with Gasteiger partial charge in [-0.2, -0.15) is 0 Å². The number of hydrogen-bond acceptors (Lipinski definition) is 4. The van der Waals surface area contributed by atoms with Crippen LogP contribution in [0.25, 0.3) is 0 Å². The van der Waals surface area contributed by atoms with Crippen molar-refractivity contribution in [2.24, 2.45) is 0 Å². The molecule has 4 nitrogen and oxygen atoms in total. The molecule has 21 heavy (non-hydrogen) atoms. The van der Waals surface area contributed by atoms with E-state index in [-0.39, 0.29) is 11.9 Å². The average molecular weight is 300 g/mol. The van der Waals surface area contributed by atoms with Crippen LogP contribution in [-0.4, -0.2) is 25.2 Å². The molecule has 0 fully saturated rings. The van der Waals surface area contributed by atoms with Gasteiger partial charge in [0.15, 0.2) is 0 Å². The molecule has 124 valence electrons. The highest BCUT2D eigenvalue weighted by molar-refractivity contribution is 5.69. The molecule has 0 aromatic rings. The number of rotatable bonds is 14. The summed E-state index contributed by atoms with van der Waals surface area (Å²) in [6.45, 7) is 5.23. The molecule has 0 saturated heterocycles. The van der Waals surface area contributed by atoms with E-state index in [9.17, 15) is 9.59 Å². The van der Waals surface area contributed by atoms with Crippen molar-refractivity contribution in [3.8, 4) is 0 Å². The number of unbranched alkanes of at least 4 members (excludes halogenated alkanes) is 6. The van der Waals surface area contributed by atoms with Gasteiger partial charge in [-0.3, -0.25) is 9.59 Å². The third kappa shape index (κ3) is 15.2. The van der Waals surface area contributed by atoms with Crippen molar-refractivity contribution in [2.75, 3.05) is 13.2 Å². The second-order valence-electron chi connectivity index (χ2n) is 5.42. The van der Waals surface area contributed by atoms with Crippen molar-refractivity contribution < 1.29 is 19.1 Å². The maximum atomic E-state index is 11.4.